The van der Waals surface area contributed by atoms with E-state index >= 15 is 0 Å². The molecule has 3 nitrogen and oxygen atoms in total. The van der Waals surface area contributed by atoms with Gasteiger partial charge in [0.2, 0.25) is 0 Å². The molecule has 1 aromatic carbocycles. The van der Waals surface area contributed by atoms with Gasteiger partial charge in [0, 0.05) is 26.2 Å². The summed E-state index contributed by atoms with van der Waals surface area (Å²) in [4.78, 5) is 14.6. The summed E-state index contributed by atoms with van der Waals surface area (Å²) in [5.41, 5.74) is 4.06. The van der Waals surface area contributed by atoms with Crippen LogP contribution in [0.15, 0.2) is 30.3 Å². The van der Waals surface area contributed by atoms with Gasteiger partial charge in [-0.05, 0) is 86.8 Å². The number of rotatable bonds is 6. The zero-order valence-corrected chi connectivity index (χ0v) is 15.8. The van der Waals surface area contributed by atoms with Crippen LogP contribution in [-0.4, -0.2) is 35.4 Å². The summed E-state index contributed by atoms with van der Waals surface area (Å²) >= 11 is 2.30. The van der Waals surface area contributed by atoms with Crippen molar-refractivity contribution in [3.8, 4) is 5.69 Å². The number of nitrogens with zero attached hydrogens (tertiary/aromatic N) is 2. The third-order valence-corrected chi connectivity index (χ3v) is 4.55. The van der Waals surface area contributed by atoms with Gasteiger partial charge in [0.15, 0.2) is 5.78 Å². The molecule has 0 fully saturated rings. The molecule has 118 valence electrons. The minimum atomic E-state index is 0.195. The van der Waals surface area contributed by atoms with E-state index in [0.29, 0.717) is 6.54 Å². The molecular formula is C18H23IN2O. The maximum absolute atomic E-state index is 12.5. The number of carbonyl (C=O) groups excluding carboxylic acids is 1. The fourth-order valence-electron chi connectivity index (χ4n) is 2.82. The van der Waals surface area contributed by atoms with Crippen molar-refractivity contribution < 1.29 is 4.79 Å². The second-order valence-corrected chi connectivity index (χ2v) is 7.00. The second kappa shape index (κ2) is 7.42. The number of carbonyl (C=O) groups is 1. The summed E-state index contributed by atoms with van der Waals surface area (Å²) in [7, 11) is 2.00. The summed E-state index contributed by atoms with van der Waals surface area (Å²) in [5.74, 6) is 0.195. The molecule has 2 rings (SSSR count). The fraction of sp³-hybridized carbons (Fsp3) is 0.389. The number of hydrogen-bond donors (Lipinski definition) is 0. The highest BCUT2D eigenvalue weighted by Crippen LogP contribution is 2.22. The Hall–Kier alpha value is -1.14. The van der Waals surface area contributed by atoms with Gasteiger partial charge in [-0.1, -0.05) is 6.92 Å². The molecule has 0 atom stereocenters. The molecule has 0 unspecified atom stereocenters. The Morgan fingerprint density at radius 1 is 1.23 bits per heavy atom. The Kier molecular flexibility index (Phi) is 5.81. The molecule has 0 aliphatic carbocycles. The van der Waals surface area contributed by atoms with Crippen LogP contribution in [0.3, 0.4) is 0 Å². The average molecular weight is 410 g/mol. The van der Waals surface area contributed by atoms with Gasteiger partial charge >= 0.3 is 0 Å². The molecule has 0 aliphatic heterocycles. The van der Waals surface area contributed by atoms with Gasteiger partial charge in [-0.2, -0.15) is 0 Å². The molecule has 22 heavy (non-hydrogen) atoms. The molecule has 1 heterocycles. The topological polar surface area (TPSA) is 25.2 Å². The van der Waals surface area contributed by atoms with Gasteiger partial charge in [0.1, 0.15) is 0 Å². The number of Topliss-reactive ketones (excluding diaryl/α,β-unsaturated/α-hetero) is 1. The Morgan fingerprint density at radius 3 is 2.45 bits per heavy atom. The Labute approximate surface area is 146 Å². The van der Waals surface area contributed by atoms with E-state index in [1.54, 1.807) is 0 Å². The lowest BCUT2D eigenvalue weighted by atomic mass is 10.1. The summed E-state index contributed by atoms with van der Waals surface area (Å²) in [6.07, 6.45) is 1.06. The predicted molar refractivity (Wildman–Crippen MR) is 100 cm³/mol. The molecular weight excluding hydrogens is 387 g/mol. The summed E-state index contributed by atoms with van der Waals surface area (Å²) in [5, 5.41) is 0. The lowest BCUT2D eigenvalue weighted by Gasteiger charge is -2.14. The average Bonchev–Trinajstić information content (AvgIpc) is 2.75. The first kappa shape index (κ1) is 17.2. The third kappa shape index (κ3) is 3.79. The molecule has 4 heteroatoms. The van der Waals surface area contributed by atoms with Crippen LogP contribution in [0.25, 0.3) is 5.69 Å². The van der Waals surface area contributed by atoms with Gasteiger partial charge in [0.05, 0.1) is 6.54 Å². The van der Waals surface area contributed by atoms with E-state index < -0.39 is 0 Å². The van der Waals surface area contributed by atoms with Crippen molar-refractivity contribution in [1.82, 2.24) is 9.47 Å². The smallest absolute Gasteiger partial charge is 0.178 e. The maximum atomic E-state index is 12.5. The van der Waals surface area contributed by atoms with Crippen molar-refractivity contribution in [3.63, 3.8) is 0 Å². The Bertz CT molecular complexity index is 658. The molecule has 1 aromatic heterocycles. The second-order valence-electron chi connectivity index (χ2n) is 5.76. The molecule has 0 spiro atoms. The molecule has 0 aliphatic rings. The van der Waals surface area contributed by atoms with Crippen molar-refractivity contribution in [2.75, 3.05) is 20.1 Å². The fourth-order valence-corrected chi connectivity index (χ4v) is 3.18. The highest BCUT2D eigenvalue weighted by atomic mass is 127. The van der Waals surface area contributed by atoms with E-state index in [1.807, 2.05) is 20.0 Å². The molecule has 0 amide bonds. The predicted octanol–water partition coefficient (Wildman–Crippen LogP) is 4.22. The van der Waals surface area contributed by atoms with Crippen molar-refractivity contribution in [2.45, 2.75) is 27.2 Å². The number of benzene rings is 1. The standard InChI is InChI=1S/C18H23IN2O/c1-5-10-20(4)12-18(22)17-11-13(2)21(14(17)3)16-8-6-15(19)7-9-16/h6-9,11H,5,10,12H2,1-4H3. The minimum Gasteiger partial charge on any atom is -0.318 e. The first-order valence-corrected chi connectivity index (χ1v) is 8.68. The lowest BCUT2D eigenvalue weighted by Crippen LogP contribution is -2.26. The van der Waals surface area contributed by atoms with Gasteiger partial charge in [-0.15, -0.1) is 0 Å². The van der Waals surface area contributed by atoms with E-state index in [0.717, 1.165) is 35.6 Å². The van der Waals surface area contributed by atoms with Crippen LogP contribution in [0.5, 0.6) is 0 Å². The first-order chi connectivity index (χ1) is 10.4. The van der Waals surface area contributed by atoms with Crippen molar-refractivity contribution in [3.05, 3.63) is 50.9 Å². The van der Waals surface area contributed by atoms with Gasteiger partial charge in [-0.25, -0.2) is 0 Å². The maximum Gasteiger partial charge on any atom is 0.178 e. The molecule has 0 bridgehead atoms. The van der Waals surface area contributed by atoms with Gasteiger partial charge < -0.3 is 4.57 Å². The van der Waals surface area contributed by atoms with Crippen LogP contribution in [0.2, 0.25) is 0 Å². The number of ketones is 1. The van der Waals surface area contributed by atoms with Crippen LogP contribution in [0, 0.1) is 17.4 Å². The van der Waals surface area contributed by atoms with E-state index in [1.165, 1.54) is 3.57 Å². The van der Waals surface area contributed by atoms with Gasteiger partial charge in [0.25, 0.3) is 0 Å². The van der Waals surface area contributed by atoms with Crippen LogP contribution in [0.4, 0.5) is 0 Å². The largest absolute Gasteiger partial charge is 0.318 e. The molecule has 0 saturated carbocycles. The quantitative estimate of drug-likeness (QED) is 0.526. The normalized spacial score (nSPS) is 11.2. The summed E-state index contributed by atoms with van der Waals surface area (Å²) < 4.78 is 3.37. The lowest BCUT2D eigenvalue weighted by molar-refractivity contribution is 0.0946. The molecule has 2 aromatic rings. The monoisotopic (exact) mass is 410 g/mol. The number of halogens is 1. The molecule has 0 N–H and O–H groups in total. The Balaban J connectivity index is 2.31. The van der Waals surface area contributed by atoms with Gasteiger partial charge in [-0.3, -0.25) is 9.69 Å². The zero-order valence-electron chi connectivity index (χ0n) is 13.7. The number of aryl methyl sites for hydroxylation is 1. The highest BCUT2D eigenvalue weighted by Gasteiger charge is 2.17. The zero-order chi connectivity index (χ0) is 16.3. The third-order valence-electron chi connectivity index (χ3n) is 3.84. The van der Waals surface area contributed by atoms with Crippen LogP contribution >= 0.6 is 22.6 Å². The van der Waals surface area contributed by atoms with E-state index in [-0.39, 0.29) is 5.78 Å². The van der Waals surface area contributed by atoms with Crippen molar-refractivity contribution in [2.24, 2.45) is 0 Å². The SMILES string of the molecule is CCCN(C)CC(=O)c1cc(C)n(-c2ccc(I)cc2)c1C. The van der Waals surface area contributed by atoms with Crippen molar-refractivity contribution >= 4 is 28.4 Å². The first-order valence-electron chi connectivity index (χ1n) is 7.60. The van der Waals surface area contributed by atoms with Crippen LogP contribution < -0.4 is 0 Å². The van der Waals surface area contributed by atoms with Crippen LogP contribution in [0.1, 0.15) is 35.1 Å². The van der Waals surface area contributed by atoms with E-state index in [4.69, 9.17) is 0 Å². The van der Waals surface area contributed by atoms with E-state index in [2.05, 4.69) is 70.2 Å². The number of hydrogen-bond acceptors (Lipinski definition) is 2. The summed E-state index contributed by atoms with van der Waals surface area (Å²) in [6.45, 7) is 7.63. The van der Waals surface area contributed by atoms with E-state index in [9.17, 15) is 4.79 Å². The Morgan fingerprint density at radius 2 is 1.86 bits per heavy atom. The summed E-state index contributed by atoms with van der Waals surface area (Å²) in [6, 6.07) is 10.4. The minimum absolute atomic E-state index is 0.195. The molecule has 0 radical (unpaired) electrons. The highest BCUT2D eigenvalue weighted by molar-refractivity contribution is 14.1. The van der Waals surface area contributed by atoms with Crippen molar-refractivity contribution in [1.29, 1.82) is 0 Å². The number of likely N-dealkylation sites (N-methyl/N-ethyl adjacent to an activating group) is 1. The van der Waals surface area contributed by atoms with Crippen LogP contribution in [-0.2, 0) is 0 Å². The number of aromatic nitrogens is 1. The molecule has 0 saturated heterocycles.